The molecule has 0 saturated heterocycles. The van der Waals surface area contributed by atoms with E-state index >= 15 is 0 Å². The number of ketones is 1. The van der Waals surface area contributed by atoms with Crippen molar-refractivity contribution in [2.24, 2.45) is 0 Å². The van der Waals surface area contributed by atoms with Crippen LogP contribution in [0, 0.1) is 22.9 Å². The Labute approximate surface area is 175 Å². The minimum atomic E-state index is -0.934. The molecule has 0 aliphatic rings. The van der Waals surface area contributed by atoms with Gasteiger partial charge in [0.15, 0.2) is 0 Å². The number of carbonyl (C=O) groups excluding carboxylic acids is 2. The minimum Gasteiger partial charge on any atom is -0.319 e. The highest BCUT2D eigenvalue weighted by Gasteiger charge is 2.26. The van der Waals surface area contributed by atoms with Crippen LogP contribution in [0.1, 0.15) is 16.1 Å². The smallest absolute Gasteiger partial charge is 0.298 e. The summed E-state index contributed by atoms with van der Waals surface area (Å²) in [6.45, 7) is 1.49. The molecule has 2 aromatic heterocycles. The van der Waals surface area contributed by atoms with Crippen LogP contribution in [-0.2, 0) is 4.79 Å². The summed E-state index contributed by atoms with van der Waals surface area (Å²) in [5.41, 5.74) is 2.11. The molecule has 0 spiro atoms. The van der Waals surface area contributed by atoms with Crippen molar-refractivity contribution in [3.05, 3.63) is 100 Å². The summed E-state index contributed by atoms with van der Waals surface area (Å²) in [5.74, 6) is -2.17. The molecule has 0 bridgehead atoms. The van der Waals surface area contributed by atoms with Crippen molar-refractivity contribution in [2.75, 3.05) is 5.32 Å². The number of pyridine rings is 1. The summed E-state index contributed by atoms with van der Waals surface area (Å²) < 4.78 is 15.0. The van der Waals surface area contributed by atoms with Crippen LogP contribution in [0.25, 0.3) is 16.6 Å². The zero-order valence-electron chi connectivity index (χ0n) is 16.3. The molecule has 0 aliphatic carbocycles. The number of hydrogen-bond donors (Lipinski definition) is 1. The fourth-order valence-electron chi connectivity index (χ4n) is 3.45. The van der Waals surface area contributed by atoms with Crippen LogP contribution in [0.2, 0.25) is 0 Å². The summed E-state index contributed by atoms with van der Waals surface area (Å²) in [4.78, 5) is 36.6. The molecule has 1 amide bonds. The monoisotopic (exact) mass is 417 g/mol. The van der Waals surface area contributed by atoms with Crippen LogP contribution in [0.4, 0.5) is 15.8 Å². The predicted molar refractivity (Wildman–Crippen MR) is 114 cm³/mol. The number of benzene rings is 2. The van der Waals surface area contributed by atoms with Gasteiger partial charge in [0.1, 0.15) is 11.5 Å². The lowest BCUT2D eigenvalue weighted by atomic mass is 10.0. The SMILES string of the molecule is Cc1c(NC(=O)C(=O)c2c(-c3ccc(F)cc3)cc3ccccn23)cccc1[N+](=O)[O-]. The van der Waals surface area contributed by atoms with E-state index in [0.29, 0.717) is 16.6 Å². The predicted octanol–water partition coefficient (Wildman–Crippen LogP) is 4.78. The molecule has 2 heterocycles. The molecule has 0 fully saturated rings. The van der Waals surface area contributed by atoms with Crippen LogP contribution < -0.4 is 5.32 Å². The van der Waals surface area contributed by atoms with Gasteiger partial charge >= 0.3 is 0 Å². The zero-order chi connectivity index (χ0) is 22.1. The van der Waals surface area contributed by atoms with Gasteiger partial charge in [-0.15, -0.1) is 0 Å². The molecule has 31 heavy (non-hydrogen) atoms. The van der Waals surface area contributed by atoms with Gasteiger partial charge in [0.25, 0.3) is 17.4 Å². The first kappa shape index (κ1) is 20.0. The maximum Gasteiger partial charge on any atom is 0.298 e. The lowest BCUT2D eigenvalue weighted by molar-refractivity contribution is -0.385. The molecule has 154 valence electrons. The van der Waals surface area contributed by atoms with Crippen LogP contribution in [0.5, 0.6) is 0 Å². The van der Waals surface area contributed by atoms with Crippen molar-refractivity contribution in [1.29, 1.82) is 0 Å². The topological polar surface area (TPSA) is 93.7 Å². The number of hydrogen-bond acceptors (Lipinski definition) is 4. The number of nitrogens with one attached hydrogen (secondary N) is 1. The Morgan fingerprint density at radius 1 is 1.03 bits per heavy atom. The number of amides is 1. The number of carbonyl (C=O) groups is 2. The fourth-order valence-corrected chi connectivity index (χ4v) is 3.45. The standard InChI is InChI=1S/C23H16FN3O4/c1-14-19(6-4-7-20(14)27(30)31)25-23(29)22(28)21-18(15-8-10-16(24)11-9-15)13-17-5-2-3-12-26(17)21/h2-13H,1H3,(H,25,29). The third kappa shape index (κ3) is 3.66. The molecular weight excluding hydrogens is 401 g/mol. The van der Waals surface area contributed by atoms with Crippen molar-refractivity contribution in [2.45, 2.75) is 6.92 Å². The van der Waals surface area contributed by atoms with Gasteiger partial charge < -0.3 is 9.72 Å². The van der Waals surface area contributed by atoms with Crippen molar-refractivity contribution in [3.8, 4) is 11.1 Å². The fraction of sp³-hybridized carbons (Fsp3) is 0.0435. The van der Waals surface area contributed by atoms with Crippen LogP contribution in [-0.4, -0.2) is 21.0 Å². The Hall–Kier alpha value is -4.33. The molecule has 4 rings (SSSR count). The first-order chi connectivity index (χ1) is 14.9. The molecule has 0 unspecified atom stereocenters. The maximum atomic E-state index is 13.4. The van der Waals surface area contributed by atoms with Gasteiger partial charge in [0.2, 0.25) is 0 Å². The van der Waals surface area contributed by atoms with Crippen LogP contribution in [0.15, 0.2) is 72.9 Å². The lowest BCUT2D eigenvalue weighted by Crippen LogP contribution is -2.25. The van der Waals surface area contributed by atoms with E-state index < -0.39 is 22.4 Å². The Bertz CT molecular complexity index is 1340. The van der Waals surface area contributed by atoms with Gasteiger partial charge in [-0.05, 0) is 48.9 Å². The maximum absolute atomic E-state index is 13.4. The highest BCUT2D eigenvalue weighted by Crippen LogP contribution is 2.30. The highest BCUT2D eigenvalue weighted by atomic mass is 19.1. The van der Waals surface area contributed by atoms with E-state index in [0.717, 1.165) is 0 Å². The van der Waals surface area contributed by atoms with Gasteiger partial charge in [0, 0.05) is 23.3 Å². The number of fused-ring (bicyclic) bond motifs is 1. The van der Waals surface area contributed by atoms with E-state index in [9.17, 15) is 24.1 Å². The summed E-state index contributed by atoms with van der Waals surface area (Å²) in [6.07, 6.45) is 1.65. The third-order valence-corrected chi connectivity index (χ3v) is 5.01. The Kier molecular flexibility index (Phi) is 5.04. The Balaban J connectivity index is 1.76. The second-order valence-corrected chi connectivity index (χ2v) is 6.90. The average Bonchev–Trinajstić information content (AvgIpc) is 3.14. The molecule has 0 radical (unpaired) electrons. The molecule has 0 saturated carbocycles. The van der Waals surface area contributed by atoms with E-state index in [1.165, 1.54) is 49.4 Å². The second kappa shape index (κ2) is 7.83. The lowest BCUT2D eigenvalue weighted by Gasteiger charge is -2.10. The van der Waals surface area contributed by atoms with Crippen LogP contribution >= 0.6 is 0 Å². The number of nitrogens with zero attached hydrogens (tertiary/aromatic N) is 2. The van der Waals surface area contributed by atoms with Crippen molar-refractivity contribution < 1.29 is 18.9 Å². The first-order valence-electron chi connectivity index (χ1n) is 9.32. The number of Topliss-reactive ketones (excluding diaryl/α,β-unsaturated/α-hetero) is 1. The summed E-state index contributed by atoms with van der Waals surface area (Å²) in [6, 6.07) is 16.9. The molecule has 0 atom stereocenters. The first-order valence-corrected chi connectivity index (χ1v) is 9.32. The van der Waals surface area contributed by atoms with E-state index in [4.69, 9.17) is 0 Å². The number of nitro groups is 1. The average molecular weight is 417 g/mol. The van der Waals surface area contributed by atoms with Gasteiger partial charge in [-0.3, -0.25) is 19.7 Å². The molecule has 1 N–H and O–H groups in total. The van der Waals surface area contributed by atoms with Crippen LogP contribution in [0.3, 0.4) is 0 Å². The second-order valence-electron chi connectivity index (χ2n) is 6.90. The summed E-state index contributed by atoms with van der Waals surface area (Å²) >= 11 is 0. The molecule has 8 heteroatoms. The molecular formula is C23H16FN3O4. The van der Waals surface area contributed by atoms with E-state index in [-0.39, 0.29) is 22.6 Å². The minimum absolute atomic E-state index is 0.114. The van der Waals surface area contributed by atoms with Gasteiger partial charge in [-0.1, -0.05) is 24.3 Å². The number of aromatic nitrogens is 1. The van der Waals surface area contributed by atoms with Crippen molar-refractivity contribution in [1.82, 2.24) is 4.40 Å². The number of anilines is 1. The van der Waals surface area contributed by atoms with Crippen molar-refractivity contribution >= 4 is 28.6 Å². The van der Waals surface area contributed by atoms with Crippen molar-refractivity contribution in [3.63, 3.8) is 0 Å². The molecule has 7 nitrogen and oxygen atoms in total. The summed E-state index contributed by atoms with van der Waals surface area (Å²) in [5, 5.41) is 13.6. The normalized spacial score (nSPS) is 10.8. The van der Waals surface area contributed by atoms with Gasteiger partial charge in [-0.25, -0.2) is 4.39 Å². The number of nitro benzene ring substituents is 1. The molecule has 4 aromatic rings. The van der Waals surface area contributed by atoms with E-state index in [1.54, 1.807) is 34.9 Å². The van der Waals surface area contributed by atoms with E-state index in [2.05, 4.69) is 5.32 Å². The Morgan fingerprint density at radius 2 is 1.77 bits per heavy atom. The van der Waals surface area contributed by atoms with E-state index in [1.807, 2.05) is 0 Å². The Morgan fingerprint density at radius 3 is 2.48 bits per heavy atom. The van der Waals surface area contributed by atoms with Gasteiger partial charge in [0.05, 0.1) is 16.2 Å². The summed E-state index contributed by atoms with van der Waals surface area (Å²) in [7, 11) is 0. The highest BCUT2D eigenvalue weighted by molar-refractivity contribution is 6.47. The third-order valence-electron chi connectivity index (χ3n) is 5.01. The quantitative estimate of drug-likeness (QED) is 0.219. The van der Waals surface area contributed by atoms with Gasteiger partial charge in [-0.2, -0.15) is 0 Å². The zero-order valence-corrected chi connectivity index (χ0v) is 16.3. The molecule has 2 aromatic carbocycles. The molecule has 0 aliphatic heterocycles. The number of rotatable bonds is 5. The number of halogens is 1. The largest absolute Gasteiger partial charge is 0.319 e.